The van der Waals surface area contributed by atoms with Crippen LogP contribution in [0.1, 0.15) is 0 Å². The molecular weight excluding hydrogens is 358 g/mol. The van der Waals surface area contributed by atoms with Crippen LogP contribution in [0.4, 0.5) is 8.78 Å². The van der Waals surface area contributed by atoms with Crippen LogP contribution in [0.3, 0.4) is 0 Å². The maximum atomic E-state index is 13.8. The maximum Gasteiger partial charge on any atom is 0.206 e. The number of nitriles is 2. The number of fused-ring (bicyclic) bond motifs is 6. The Balaban J connectivity index is 2.12. The van der Waals surface area contributed by atoms with E-state index in [0.717, 1.165) is 21.5 Å². The minimum absolute atomic E-state index is 0.369. The van der Waals surface area contributed by atoms with Crippen molar-refractivity contribution in [3.8, 4) is 12.4 Å². The van der Waals surface area contributed by atoms with Crippen molar-refractivity contribution in [1.82, 2.24) is 0 Å². The lowest BCUT2D eigenvalue weighted by molar-refractivity contribution is 0.629. The van der Waals surface area contributed by atoms with Crippen LogP contribution < -0.4 is 10.7 Å². The second-order valence-corrected chi connectivity index (χ2v) is 6.44. The van der Waals surface area contributed by atoms with E-state index in [4.69, 9.17) is 10.5 Å². The monoisotopic (exact) mass is 366 g/mol. The normalized spacial score (nSPS) is 13.0. The summed E-state index contributed by atoms with van der Waals surface area (Å²) in [4.78, 5) is 7.80. The smallest absolute Gasteiger partial charge is 0.206 e. The van der Waals surface area contributed by atoms with Crippen molar-refractivity contribution in [3.63, 3.8) is 0 Å². The lowest BCUT2D eigenvalue weighted by Crippen LogP contribution is -2.00. The van der Waals surface area contributed by atoms with Gasteiger partial charge in [0.2, 0.25) is 12.4 Å². The van der Waals surface area contributed by atoms with Crippen LogP contribution in [0.5, 0.6) is 0 Å². The maximum absolute atomic E-state index is 13.8. The topological polar surface area (TPSA) is 72.3 Å². The van der Waals surface area contributed by atoms with Gasteiger partial charge >= 0.3 is 0 Å². The fraction of sp³-hybridized carbons (Fsp3) is 0. The molecule has 0 spiro atoms. The second kappa shape index (κ2) is 5.67. The molecule has 0 aliphatic carbocycles. The molecule has 0 bridgehead atoms. The van der Waals surface area contributed by atoms with Crippen molar-refractivity contribution >= 4 is 43.1 Å². The molecule has 0 saturated carbocycles. The molecule has 0 N–H and O–H groups in total. The van der Waals surface area contributed by atoms with Gasteiger partial charge in [-0.05, 0) is 57.9 Å². The number of halogens is 2. The Hall–Kier alpha value is -4.16. The van der Waals surface area contributed by atoms with Gasteiger partial charge in [0.05, 0.1) is 10.7 Å². The molecule has 0 unspecified atom stereocenters. The predicted octanol–water partition coefficient (Wildman–Crippen LogP) is 4.22. The molecule has 0 heterocycles. The molecule has 0 amide bonds. The summed E-state index contributed by atoms with van der Waals surface area (Å²) in [5.41, 5.74) is 0. The van der Waals surface area contributed by atoms with Gasteiger partial charge in [0.15, 0.2) is 0 Å². The van der Waals surface area contributed by atoms with Gasteiger partial charge in [-0.2, -0.15) is 20.5 Å². The molecule has 5 rings (SSSR count). The molecule has 0 aliphatic rings. The van der Waals surface area contributed by atoms with Gasteiger partial charge in [-0.1, -0.05) is 12.1 Å². The molecule has 0 aromatic heterocycles. The number of hydrogen-bond donors (Lipinski definition) is 0. The zero-order valence-electron chi connectivity index (χ0n) is 14.2. The third kappa shape index (κ3) is 2.06. The molecule has 6 heteroatoms. The van der Waals surface area contributed by atoms with Crippen LogP contribution in [0.25, 0.3) is 43.1 Å². The average molecular weight is 366 g/mol. The number of rotatable bonds is 0. The zero-order chi connectivity index (χ0) is 19.4. The molecule has 5 aromatic carbocycles. The summed E-state index contributed by atoms with van der Waals surface area (Å²) in [5.74, 6) is -0.838. The van der Waals surface area contributed by atoms with E-state index >= 15 is 0 Å². The molecular formula is C22H8F2N4. The van der Waals surface area contributed by atoms with E-state index in [-0.39, 0.29) is 0 Å². The van der Waals surface area contributed by atoms with E-state index in [2.05, 4.69) is 9.98 Å². The highest BCUT2D eigenvalue weighted by Gasteiger charge is 2.15. The van der Waals surface area contributed by atoms with Crippen LogP contribution in [-0.2, 0) is 0 Å². The Morgan fingerprint density at radius 1 is 0.536 bits per heavy atom. The number of hydrogen-bond acceptors (Lipinski definition) is 4. The Labute approximate surface area is 156 Å². The molecule has 130 valence electrons. The third-order valence-corrected chi connectivity index (χ3v) is 5.05. The van der Waals surface area contributed by atoms with Gasteiger partial charge in [-0.25, -0.2) is 8.78 Å². The average Bonchev–Trinajstić information content (AvgIpc) is 3.13. The third-order valence-electron chi connectivity index (χ3n) is 5.05. The Morgan fingerprint density at radius 2 is 0.929 bits per heavy atom. The molecule has 0 aliphatic heterocycles. The summed E-state index contributed by atoms with van der Waals surface area (Å²) in [7, 11) is 0. The van der Waals surface area contributed by atoms with E-state index in [1.54, 1.807) is 30.6 Å². The summed E-state index contributed by atoms with van der Waals surface area (Å²) >= 11 is 0. The van der Waals surface area contributed by atoms with Crippen LogP contribution in [-0.4, -0.2) is 0 Å². The minimum Gasteiger partial charge on any atom is -0.207 e. The van der Waals surface area contributed by atoms with Gasteiger partial charge < -0.3 is 0 Å². The largest absolute Gasteiger partial charge is 0.207 e. The molecule has 28 heavy (non-hydrogen) atoms. The SMILES string of the molecule is N#C/N=c1\c2cc(F)ccc2c2cc3c(cc12)/c(=N/C#N)c1cc(F)ccc13. The van der Waals surface area contributed by atoms with E-state index in [0.29, 0.717) is 32.3 Å². The minimum atomic E-state index is -0.419. The Bertz CT molecular complexity index is 1540. The molecule has 0 saturated heterocycles. The van der Waals surface area contributed by atoms with Gasteiger partial charge in [0.25, 0.3) is 0 Å². The standard InChI is InChI=1S/C22H8F2N4/c23-11-1-3-13-15-7-16-14-4-2-12(24)6-18(14)22(28-10-26)20(16)8-19(15)21(27-9-25)17(13)5-11/h1-8H/b27-21+,28-22+. The Morgan fingerprint density at radius 3 is 1.36 bits per heavy atom. The molecule has 4 nitrogen and oxygen atoms in total. The molecule has 5 aromatic rings. The van der Waals surface area contributed by atoms with Crippen molar-refractivity contribution in [2.24, 2.45) is 9.98 Å². The quantitative estimate of drug-likeness (QED) is 0.385. The van der Waals surface area contributed by atoms with Crippen molar-refractivity contribution < 1.29 is 8.78 Å². The van der Waals surface area contributed by atoms with Crippen molar-refractivity contribution in [3.05, 3.63) is 70.9 Å². The van der Waals surface area contributed by atoms with Crippen LogP contribution in [0.15, 0.2) is 58.5 Å². The molecule has 0 radical (unpaired) electrons. The van der Waals surface area contributed by atoms with Crippen LogP contribution in [0, 0.1) is 34.5 Å². The van der Waals surface area contributed by atoms with Crippen LogP contribution >= 0.6 is 0 Å². The molecule has 0 atom stereocenters. The van der Waals surface area contributed by atoms with E-state index < -0.39 is 11.6 Å². The van der Waals surface area contributed by atoms with Crippen molar-refractivity contribution in [2.45, 2.75) is 0 Å². The highest BCUT2D eigenvalue weighted by molar-refractivity contribution is 6.21. The lowest BCUT2D eigenvalue weighted by Gasteiger charge is -1.96. The first-order chi connectivity index (χ1) is 13.6. The lowest BCUT2D eigenvalue weighted by atomic mass is 10.1. The van der Waals surface area contributed by atoms with Gasteiger partial charge in [0.1, 0.15) is 11.6 Å². The fourth-order valence-electron chi connectivity index (χ4n) is 3.96. The summed E-state index contributed by atoms with van der Waals surface area (Å²) in [6.45, 7) is 0. The van der Waals surface area contributed by atoms with E-state index in [1.165, 1.54) is 24.3 Å². The van der Waals surface area contributed by atoms with E-state index in [9.17, 15) is 8.78 Å². The summed E-state index contributed by atoms with van der Waals surface area (Å²) in [5, 5.41) is 24.5. The highest BCUT2D eigenvalue weighted by Crippen LogP contribution is 2.32. The van der Waals surface area contributed by atoms with Gasteiger partial charge in [-0.3, -0.25) is 0 Å². The highest BCUT2D eigenvalue weighted by atomic mass is 19.1. The van der Waals surface area contributed by atoms with Crippen LogP contribution in [0.2, 0.25) is 0 Å². The summed E-state index contributed by atoms with van der Waals surface area (Å²) in [6, 6.07) is 12.4. The van der Waals surface area contributed by atoms with Crippen molar-refractivity contribution in [1.29, 1.82) is 10.5 Å². The first kappa shape index (κ1) is 16.0. The first-order valence-electron chi connectivity index (χ1n) is 8.35. The summed E-state index contributed by atoms with van der Waals surface area (Å²) < 4.78 is 27.6. The van der Waals surface area contributed by atoms with Gasteiger partial charge in [0, 0.05) is 21.5 Å². The Kier molecular flexibility index (Phi) is 3.25. The van der Waals surface area contributed by atoms with Crippen molar-refractivity contribution in [2.75, 3.05) is 0 Å². The van der Waals surface area contributed by atoms with Gasteiger partial charge in [-0.15, -0.1) is 0 Å². The zero-order valence-corrected chi connectivity index (χ0v) is 14.2. The molecule has 0 fully saturated rings. The van der Waals surface area contributed by atoms with E-state index in [1.807, 2.05) is 6.07 Å². The predicted molar refractivity (Wildman–Crippen MR) is 101 cm³/mol. The summed E-state index contributed by atoms with van der Waals surface area (Å²) in [6.07, 6.45) is 3.55. The first-order valence-corrected chi connectivity index (χ1v) is 8.35. The second-order valence-electron chi connectivity index (χ2n) is 6.44. The number of benzene rings is 3. The number of nitrogens with zero attached hydrogens (tertiary/aromatic N) is 4. The fourth-order valence-corrected chi connectivity index (χ4v) is 3.96.